The van der Waals surface area contributed by atoms with Gasteiger partial charge in [0.2, 0.25) is 0 Å². The highest BCUT2D eigenvalue weighted by atomic mass is 16.6. The molecule has 0 aromatic carbocycles. The number of carbonyl (C=O) groups excluding carboxylic acids is 1. The maximum atomic E-state index is 11.1. The van der Waals surface area contributed by atoms with Gasteiger partial charge in [-0.3, -0.25) is 5.32 Å². The normalized spacial score (nSPS) is 12.2. The van der Waals surface area contributed by atoms with E-state index in [2.05, 4.69) is 5.32 Å². The van der Waals surface area contributed by atoms with Crippen molar-refractivity contribution in [3.05, 3.63) is 12.3 Å². The average Bonchev–Trinajstić information content (AvgIpc) is 1.81. The molecular weight excluding hydrogens is 166 g/mol. The third-order valence-corrected chi connectivity index (χ3v) is 1.08. The van der Waals surface area contributed by atoms with Crippen molar-refractivity contribution < 1.29 is 9.53 Å². The zero-order valence-electron chi connectivity index (χ0n) is 9.05. The van der Waals surface area contributed by atoms with Gasteiger partial charge in [-0.15, -0.1) is 0 Å². The Kier molecular flexibility index (Phi) is 4.52. The first kappa shape index (κ1) is 12.0. The minimum atomic E-state index is -0.435. The van der Waals surface area contributed by atoms with Gasteiger partial charge in [0.25, 0.3) is 0 Å². The Balaban J connectivity index is 3.77. The van der Waals surface area contributed by atoms with E-state index in [0.29, 0.717) is 5.92 Å². The van der Waals surface area contributed by atoms with Crippen molar-refractivity contribution in [3.8, 4) is 0 Å². The summed E-state index contributed by atoms with van der Waals surface area (Å²) in [7, 11) is 0. The molecule has 0 heterocycles. The molecule has 0 saturated carbocycles. The Morgan fingerprint density at radius 2 is 1.92 bits per heavy atom. The van der Waals surface area contributed by atoms with E-state index in [1.807, 2.05) is 40.7 Å². The van der Waals surface area contributed by atoms with E-state index in [-0.39, 0.29) is 0 Å². The van der Waals surface area contributed by atoms with Crippen molar-refractivity contribution in [2.75, 3.05) is 0 Å². The predicted molar refractivity (Wildman–Crippen MR) is 53.3 cm³/mol. The molecule has 3 nitrogen and oxygen atoms in total. The standard InChI is InChI=1S/C10H19NO2/c1-8(2)6-7-11-9(12)13-10(3,4)5/h6-8H,1-5H3,(H,11,12)/b7-6+. The number of nitrogens with one attached hydrogen (secondary N) is 1. The fourth-order valence-corrected chi connectivity index (χ4v) is 0.616. The molecule has 0 atom stereocenters. The van der Waals surface area contributed by atoms with Crippen LogP contribution in [0.3, 0.4) is 0 Å². The number of amides is 1. The molecule has 0 aromatic heterocycles. The number of allylic oxidation sites excluding steroid dienone is 1. The summed E-state index contributed by atoms with van der Waals surface area (Å²) in [5.41, 5.74) is -0.435. The van der Waals surface area contributed by atoms with E-state index in [4.69, 9.17) is 4.74 Å². The highest BCUT2D eigenvalue weighted by Crippen LogP contribution is 2.06. The first-order valence-electron chi connectivity index (χ1n) is 4.47. The van der Waals surface area contributed by atoms with Gasteiger partial charge in [-0.25, -0.2) is 4.79 Å². The molecule has 1 amide bonds. The molecule has 0 aliphatic rings. The smallest absolute Gasteiger partial charge is 0.411 e. The molecule has 1 N–H and O–H groups in total. The molecule has 76 valence electrons. The fraction of sp³-hybridized carbons (Fsp3) is 0.700. The summed E-state index contributed by atoms with van der Waals surface area (Å²) in [4.78, 5) is 11.1. The van der Waals surface area contributed by atoms with Crippen LogP contribution in [0, 0.1) is 5.92 Å². The van der Waals surface area contributed by atoms with E-state index in [9.17, 15) is 4.79 Å². The van der Waals surface area contributed by atoms with Gasteiger partial charge < -0.3 is 4.74 Å². The second kappa shape index (κ2) is 4.90. The van der Waals surface area contributed by atoms with Crippen molar-refractivity contribution in [2.24, 2.45) is 5.92 Å². The lowest BCUT2D eigenvalue weighted by molar-refractivity contribution is 0.0552. The molecule has 0 rings (SSSR count). The van der Waals surface area contributed by atoms with Crippen LogP contribution in [0.1, 0.15) is 34.6 Å². The zero-order valence-corrected chi connectivity index (χ0v) is 9.05. The lowest BCUT2D eigenvalue weighted by Gasteiger charge is -2.18. The molecule has 0 spiro atoms. The second-order valence-corrected chi connectivity index (χ2v) is 4.25. The third-order valence-electron chi connectivity index (χ3n) is 1.08. The number of hydrogen-bond acceptors (Lipinski definition) is 2. The van der Waals surface area contributed by atoms with Crippen LogP contribution in [0.2, 0.25) is 0 Å². The summed E-state index contributed by atoms with van der Waals surface area (Å²) in [6, 6.07) is 0. The fourth-order valence-electron chi connectivity index (χ4n) is 0.616. The van der Waals surface area contributed by atoms with E-state index >= 15 is 0 Å². The quantitative estimate of drug-likeness (QED) is 0.718. The van der Waals surface area contributed by atoms with E-state index in [1.165, 1.54) is 0 Å². The van der Waals surface area contributed by atoms with Gasteiger partial charge in [-0.1, -0.05) is 19.9 Å². The number of hydrogen-bond donors (Lipinski definition) is 1. The van der Waals surface area contributed by atoms with Crippen molar-refractivity contribution in [2.45, 2.75) is 40.2 Å². The van der Waals surface area contributed by atoms with Crippen LogP contribution in [0.4, 0.5) is 4.79 Å². The summed E-state index contributed by atoms with van der Waals surface area (Å²) in [5.74, 6) is 0.426. The van der Waals surface area contributed by atoms with Crippen LogP contribution in [0.25, 0.3) is 0 Å². The maximum Gasteiger partial charge on any atom is 0.411 e. The highest BCUT2D eigenvalue weighted by Gasteiger charge is 2.14. The van der Waals surface area contributed by atoms with Crippen molar-refractivity contribution >= 4 is 6.09 Å². The van der Waals surface area contributed by atoms with Crippen LogP contribution < -0.4 is 5.32 Å². The van der Waals surface area contributed by atoms with Gasteiger partial charge in [-0.05, 0) is 26.7 Å². The molecule has 0 saturated heterocycles. The minimum Gasteiger partial charge on any atom is -0.444 e. The molecule has 13 heavy (non-hydrogen) atoms. The van der Waals surface area contributed by atoms with Crippen LogP contribution in [0.5, 0.6) is 0 Å². The Morgan fingerprint density at radius 1 is 1.38 bits per heavy atom. The van der Waals surface area contributed by atoms with Crippen LogP contribution in [-0.2, 0) is 4.74 Å². The van der Waals surface area contributed by atoms with E-state index in [1.54, 1.807) is 6.20 Å². The van der Waals surface area contributed by atoms with Gasteiger partial charge in [0.1, 0.15) is 5.60 Å². The van der Waals surface area contributed by atoms with Crippen molar-refractivity contribution in [1.82, 2.24) is 5.32 Å². The van der Waals surface area contributed by atoms with Crippen molar-refractivity contribution in [3.63, 3.8) is 0 Å². The average molecular weight is 185 g/mol. The zero-order chi connectivity index (χ0) is 10.5. The molecule has 3 heteroatoms. The predicted octanol–water partition coefficient (Wildman–Crippen LogP) is 2.68. The molecule has 0 fully saturated rings. The molecule has 0 bridgehead atoms. The molecule has 0 unspecified atom stereocenters. The van der Waals surface area contributed by atoms with Gasteiger partial charge in [-0.2, -0.15) is 0 Å². The topological polar surface area (TPSA) is 38.3 Å². The molecule has 0 aromatic rings. The first-order chi connectivity index (χ1) is 5.81. The number of ether oxygens (including phenoxy) is 1. The third kappa shape index (κ3) is 8.92. The summed E-state index contributed by atoms with van der Waals surface area (Å²) >= 11 is 0. The summed E-state index contributed by atoms with van der Waals surface area (Å²) in [6.45, 7) is 9.57. The van der Waals surface area contributed by atoms with Crippen LogP contribution >= 0.6 is 0 Å². The maximum absolute atomic E-state index is 11.1. The second-order valence-electron chi connectivity index (χ2n) is 4.25. The first-order valence-corrected chi connectivity index (χ1v) is 4.47. The number of carbonyl (C=O) groups is 1. The lowest BCUT2D eigenvalue weighted by atomic mass is 10.2. The van der Waals surface area contributed by atoms with Crippen LogP contribution in [0.15, 0.2) is 12.3 Å². The van der Waals surface area contributed by atoms with Gasteiger partial charge in [0.05, 0.1) is 0 Å². The van der Waals surface area contributed by atoms with E-state index in [0.717, 1.165) is 0 Å². The SMILES string of the molecule is CC(C)/C=C/NC(=O)OC(C)(C)C. The Hall–Kier alpha value is -0.990. The number of rotatable bonds is 2. The largest absolute Gasteiger partial charge is 0.444 e. The molecule has 0 radical (unpaired) electrons. The summed E-state index contributed by atoms with van der Waals surface area (Å²) in [6.07, 6.45) is 3.09. The van der Waals surface area contributed by atoms with Gasteiger partial charge in [0.15, 0.2) is 0 Å². The summed E-state index contributed by atoms with van der Waals surface area (Å²) in [5, 5.41) is 2.53. The highest BCUT2D eigenvalue weighted by molar-refractivity contribution is 5.68. The molecule has 0 aliphatic carbocycles. The number of alkyl carbamates (subject to hydrolysis) is 1. The van der Waals surface area contributed by atoms with Crippen molar-refractivity contribution in [1.29, 1.82) is 0 Å². The van der Waals surface area contributed by atoms with Gasteiger partial charge >= 0.3 is 6.09 Å². The Bertz CT molecular complexity index is 190. The van der Waals surface area contributed by atoms with Gasteiger partial charge in [0, 0.05) is 6.20 Å². The van der Waals surface area contributed by atoms with E-state index < -0.39 is 11.7 Å². The lowest BCUT2D eigenvalue weighted by Crippen LogP contribution is -2.29. The molecule has 0 aliphatic heterocycles. The van der Waals surface area contributed by atoms with Crippen LogP contribution in [-0.4, -0.2) is 11.7 Å². The monoisotopic (exact) mass is 185 g/mol. The minimum absolute atomic E-state index is 0.413. The molecular formula is C10H19NO2. The Labute approximate surface area is 80.2 Å². The summed E-state index contributed by atoms with van der Waals surface area (Å²) < 4.78 is 5.02. The Morgan fingerprint density at radius 3 is 2.31 bits per heavy atom.